The summed E-state index contributed by atoms with van der Waals surface area (Å²) in [6, 6.07) is 14.1. The molecule has 0 unspecified atom stereocenters. The van der Waals surface area contributed by atoms with Gasteiger partial charge in [-0.1, -0.05) is 18.2 Å². The molecule has 1 amide bonds. The molecule has 0 atom stereocenters. The molecule has 1 aromatic heterocycles. The summed E-state index contributed by atoms with van der Waals surface area (Å²) in [5.74, 6) is 0.339. The van der Waals surface area contributed by atoms with Gasteiger partial charge >= 0.3 is 5.97 Å². The third-order valence-electron chi connectivity index (χ3n) is 3.99. The van der Waals surface area contributed by atoms with Crippen LogP contribution in [0.1, 0.15) is 16.1 Å². The van der Waals surface area contributed by atoms with Gasteiger partial charge in [-0.2, -0.15) is 0 Å². The van der Waals surface area contributed by atoms with Crippen LogP contribution in [0, 0.1) is 0 Å². The first-order valence-electron chi connectivity index (χ1n) is 8.76. The fourth-order valence-electron chi connectivity index (χ4n) is 2.52. The molecule has 0 radical (unpaired) electrons. The van der Waals surface area contributed by atoms with Crippen LogP contribution in [0.15, 0.2) is 59.2 Å². The normalized spacial score (nSPS) is 10.3. The number of benzene rings is 2. The van der Waals surface area contributed by atoms with Gasteiger partial charge in [-0.15, -0.1) is 0 Å². The number of methoxy groups -OCH3 is 2. The summed E-state index contributed by atoms with van der Waals surface area (Å²) in [6.45, 7) is -0.335. The SMILES string of the molecule is COc1ccc(C(=O)NCC(=O)OCc2coc(-c3ccccc3)n2)cc1OC. The second kappa shape index (κ2) is 9.41. The predicted octanol–water partition coefficient (Wildman–Crippen LogP) is 2.83. The number of ether oxygens (including phenoxy) is 3. The molecule has 0 aliphatic heterocycles. The van der Waals surface area contributed by atoms with E-state index in [0.717, 1.165) is 5.56 Å². The second-order valence-electron chi connectivity index (χ2n) is 5.92. The van der Waals surface area contributed by atoms with E-state index >= 15 is 0 Å². The molecule has 150 valence electrons. The van der Waals surface area contributed by atoms with E-state index in [0.29, 0.717) is 28.6 Å². The van der Waals surface area contributed by atoms with Crippen molar-refractivity contribution in [3.05, 3.63) is 66.1 Å². The van der Waals surface area contributed by atoms with E-state index in [1.807, 2.05) is 30.3 Å². The standard InChI is InChI=1S/C21H20N2O6/c1-26-17-9-8-15(10-18(17)27-2)20(25)22-11-19(24)28-12-16-13-29-21(23-16)14-6-4-3-5-7-14/h3-10,13H,11-12H2,1-2H3,(H,22,25). The van der Waals surface area contributed by atoms with Crippen LogP contribution in [0.3, 0.4) is 0 Å². The van der Waals surface area contributed by atoms with Crippen LogP contribution in [-0.4, -0.2) is 37.6 Å². The molecule has 3 rings (SSSR count). The van der Waals surface area contributed by atoms with Crippen molar-refractivity contribution in [3.8, 4) is 23.0 Å². The molecule has 8 heteroatoms. The highest BCUT2D eigenvalue weighted by Crippen LogP contribution is 2.27. The zero-order chi connectivity index (χ0) is 20.6. The summed E-state index contributed by atoms with van der Waals surface area (Å²) >= 11 is 0. The monoisotopic (exact) mass is 396 g/mol. The minimum absolute atomic E-state index is 0.0542. The summed E-state index contributed by atoms with van der Waals surface area (Å²) in [6.07, 6.45) is 1.43. The van der Waals surface area contributed by atoms with Crippen LogP contribution in [-0.2, 0) is 16.1 Å². The molecule has 0 bridgehead atoms. The maximum absolute atomic E-state index is 12.2. The van der Waals surface area contributed by atoms with E-state index in [4.69, 9.17) is 18.6 Å². The van der Waals surface area contributed by atoms with Crippen molar-refractivity contribution in [1.82, 2.24) is 10.3 Å². The number of esters is 1. The third-order valence-corrected chi connectivity index (χ3v) is 3.99. The van der Waals surface area contributed by atoms with Gasteiger partial charge in [0.2, 0.25) is 5.89 Å². The van der Waals surface area contributed by atoms with Gasteiger partial charge < -0.3 is 23.9 Å². The Bertz CT molecular complexity index is 984. The molecule has 29 heavy (non-hydrogen) atoms. The molecular weight excluding hydrogens is 376 g/mol. The van der Waals surface area contributed by atoms with Crippen molar-refractivity contribution >= 4 is 11.9 Å². The number of carbonyl (C=O) groups excluding carboxylic acids is 2. The van der Waals surface area contributed by atoms with Crippen LogP contribution in [0.5, 0.6) is 11.5 Å². The number of carbonyl (C=O) groups is 2. The van der Waals surface area contributed by atoms with Crippen LogP contribution < -0.4 is 14.8 Å². The predicted molar refractivity (Wildman–Crippen MR) is 104 cm³/mol. The van der Waals surface area contributed by atoms with Crippen molar-refractivity contribution in [3.63, 3.8) is 0 Å². The van der Waals surface area contributed by atoms with E-state index < -0.39 is 11.9 Å². The highest BCUT2D eigenvalue weighted by Gasteiger charge is 2.13. The Balaban J connectivity index is 1.49. The molecule has 0 spiro atoms. The summed E-state index contributed by atoms with van der Waals surface area (Å²) in [5.41, 5.74) is 1.63. The molecule has 8 nitrogen and oxygen atoms in total. The second-order valence-corrected chi connectivity index (χ2v) is 5.92. The first-order valence-corrected chi connectivity index (χ1v) is 8.76. The molecule has 2 aromatic carbocycles. The lowest BCUT2D eigenvalue weighted by Crippen LogP contribution is -2.30. The highest BCUT2D eigenvalue weighted by atomic mass is 16.5. The molecule has 0 aliphatic rings. The van der Waals surface area contributed by atoms with Gasteiger partial charge in [0.25, 0.3) is 5.91 Å². The molecule has 3 aromatic rings. The number of nitrogens with zero attached hydrogens (tertiary/aromatic N) is 1. The maximum atomic E-state index is 12.2. The molecule has 1 N–H and O–H groups in total. The van der Waals surface area contributed by atoms with Gasteiger partial charge in [-0.3, -0.25) is 9.59 Å². The number of aromatic nitrogens is 1. The van der Waals surface area contributed by atoms with Gasteiger partial charge in [-0.05, 0) is 30.3 Å². The van der Waals surface area contributed by atoms with Gasteiger partial charge in [0.05, 0.1) is 14.2 Å². The topological polar surface area (TPSA) is 99.9 Å². The van der Waals surface area contributed by atoms with Crippen molar-refractivity contribution in [2.75, 3.05) is 20.8 Å². The lowest BCUT2D eigenvalue weighted by molar-refractivity contribution is -0.143. The molecule has 1 heterocycles. The Morgan fingerprint density at radius 1 is 1.03 bits per heavy atom. The average molecular weight is 396 g/mol. The summed E-state index contributed by atoms with van der Waals surface area (Å²) in [5, 5.41) is 2.50. The Morgan fingerprint density at radius 2 is 1.79 bits per heavy atom. The Labute approximate surface area is 167 Å². The van der Waals surface area contributed by atoms with Crippen molar-refractivity contribution in [2.24, 2.45) is 0 Å². The first kappa shape index (κ1) is 19.9. The maximum Gasteiger partial charge on any atom is 0.325 e. The summed E-state index contributed by atoms with van der Waals surface area (Å²) in [4.78, 5) is 28.4. The van der Waals surface area contributed by atoms with Gasteiger partial charge in [0.15, 0.2) is 11.5 Å². The minimum Gasteiger partial charge on any atom is -0.493 e. The van der Waals surface area contributed by atoms with Crippen LogP contribution >= 0.6 is 0 Å². The molecule has 0 fully saturated rings. The number of hydrogen-bond acceptors (Lipinski definition) is 7. The number of amides is 1. The van der Waals surface area contributed by atoms with Crippen LogP contribution in [0.25, 0.3) is 11.5 Å². The van der Waals surface area contributed by atoms with E-state index in [-0.39, 0.29) is 13.2 Å². The van der Waals surface area contributed by atoms with E-state index in [2.05, 4.69) is 10.3 Å². The smallest absolute Gasteiger partial charge is 0.325 e. The number of rotatable bonds is 8. The zero-order valence-corrected chi connectivity index (χ0v) is 16.0. The van der Waals surface area contributed by atoms with Crippen molar-refractivity contribution in [2.45, 2.75) is 6.61 Å². The third kappa shape index (κ3) is 5.13. The number of oxazole rings is 1. The van der Waals surface area contributed by atoms with Crippen molar-refractivity contribution < 1.29 is 28.2 Å². The lowest BCUT2D eigenvalue weighted by Gasteiger charge is -2.10. The summed E-state index contributed by atoms with van der Waals surface area (Å²) < 4.78 is 20.8. The highest BCUT2D eigenvalue weighted by molar-refractivity contribution is 5.96. The van der Waals surface area contributed by atoms with Gasteiger partial charge in [0, 0.05) is 11.1 Å². The largest absolute Gasteiger partial charge is 0.493 e. The van der Waals surface area contributed by atoms with E-state index in [9.17, 15) is 9.59 Å². The molecule has 0 saturated carbocycles. The van der Waals surface area contributed by atoms with E-state index in [1.165, 1.54) is 26.5 Å². The first-order chi connectivity index (χ1) is 14.1. The van der Waals surface area contributed by atoms with E-state index in [1.54, 1.807) is 12.1 Å². The fraction of sp³-hybridized carbons (Fsp3) is 0.190. The Kier molecular flexibility index (Phi) is 6.47. The minimum atomic E-state index is -0.594. The Morgan fingerprint density at radius 3 is 2.52 bits per heavy atom. The Hall–Kier alpha value is -3.81. The average Bonchev–Trinajstić information content (AvgIpc) is 3.25. The molecule has 0 saturated heterocycles. The van der Waals surface area contributed by atoms with Gasteiger partial charge in [0.1, 0.15) is 25.1 Å². The lowest BCUT2D eigenvalue weighted by atomic mass is 10.2. The fourth-order valence-corrected chi connectivity index (χ4v) is 2.52. The van der Waals surface area contributed by atoms with Crippen LogP contribution in [0.4, 0.5) is 0 Å². The zero-order valence-electron chi connectivity index (χ0n) is 16.0. The quantitative estimate of drug-likeness (QED) is 0.585. The molecule has 0 aliphatic carbocycles. The number of hydrogen-bond donors (Lipinski definition) is 1. The van der Waals surface area contributed by atoms with Gasteiger partial charge in [-0.25, -0.2) is 4.98 Å². The molecular formula is C21H20N2O6. The van der Waals surface area contributed by atoms with Crippen molar-refractivity contribution in [1.29, 1.82) is 0 Å². The summed E-state index contributed by atoms with van der Waals surface area (Å²) in [7, 11) is 2.98. The number of nitrogens with one attached hydrogen (secondary N) is 1. The van der Waals surface area contributed by atoms with Crippen LogP contribution in [0.2, 0.25) is 0 Å².